The number of anilines is 10. The van der Waals surface area contributed by atoms with E-state index in [0.717, 1.165) is 214 Å². The summed E-state index contributed by atoms with van der Waals surface area (Å²) >= 11 is 5.69. The summed E-state index contributed by atoms with van der Waals surface area (Å²) in [5.41, 5.74) is 21.7. The Kier molecular flexibility index (Phi) is 39.4. The van der Waals surface area contributed by atoms with Gasteiger partial charge in [0.15, 0.2) is 20.6 Å². The normalized spacial score (nSPS) is 15.3. The quantitative estimate of drug-likeness (QED) is 0.0110. The highest BCUT2D eigenvalue weighted by Crippen LogP contribution is 2.33. The van der Waals surface area contributed by atoms with Gasteiger partial charge in [-0.05, 0) is 232 Å². The molecule has 5 amide bonds. The van der Waals surface area contributed by atoms with Crippen molar-refractivity contribution in [1.82, 2.24) is 70.4 Å². The Morgan fingerprint density at radius 3 is 1.09 bits per heavy atom. The number of nitrogens with one attached hydrogen (secondary N) is 16. The number of hydrogen-bond acceptors (Lipinski definition) is 36. The third kappa shape index (κ3) is 32.0. The number of carbonyl (C=O) groups excluding carboxylic acids is 5. The maximum absolute atomic E-state index is 12.5. The molecule has 0 bridgehead atoms. The SMILES string of the molecule is CNCC(=O)Nc1cccc(C(=N)Sc2nc(N3CCNCC3)cc(=O)[nH]2)c1.C[C@@H](N)C(=O)Nc1cccc(C(=N)Sc2nc(N3CCCCC3)cc(=O)[nH]2)c1.C[C@H](N)C(=O)Nc1cccc(C(=N)Sc2nc(N3CCCCC3)cc(=O)[nH]2)c1.N=C(Sc1nc(N2CCCCC2)cc(=O)[nH]1)c1cccc(NC(=O)C2CCNCC2)c1.NCC(=O)Nc1cccc(-c2nn3c(=O)cc(N4CCCCC4)nc3s2)c1. The Morgan fingerprint density at radius 1 is 0.408 bits per heavy atom. The number of nitrogens with zero attached hydrogens (tertiary/aromatic N) is 12. The van der Waals surface area contributed by atoms with Crippen LogP contribution in [0.15, 0.2) is 196 Å². The number of H-pyrrole nitrogens is 4. The van der Waals surface area contributed by atoms with Crippen LogP contribution in [0.2, 0.25) is 0 Å². The molecular weight excluding hydrogens is 1910 g/mol. The van der Waals surface area contributed by atoms with Crippen LogP contribution in [0.25, 0.3) is 15.5 Å². The maximum Gasteiger partial charge on any atom is 0.277 e. The molecule has 0 radical (unpaired) electrons. The van der Waals surface area contributed by atoms with Crippen molar-refractivity contribution in [3.05, 3.63) is 226 Å². The van der Waals surface area contributed by atoms with E-state index in [1.807, 2.05) is 36.4 Å². The van der Waals surface area contributed by atoms with E-state index in [0.29, 0.717) is 105 Å². The van der Waals surface area contributed by atoms with Gasteiger partial charge in [-0.3, -0.25) is 69.6 Å². The number of thioether (sulfide) groups is 4. The predicted molar refractivity (Wildman–Crippen MR) is 567 cm³/mol. The van der Waals surface area contributed by atoms with Gasteiger partial charge in [0, 0.05) is 171 Å². The first-order chi connectivity index (χ1) is 68.6. The number of likely N-dealkylation sites (N-methyl/N-ethyl adjacent to an activating group) is 1. The Bertz CT molecular complexity index is 6440. The van der Waals surface area contributed by atoms with Gasteiger partial charge in [0.25, 0.3) is 27.8 Å². The lowest BCUT2D eigenvalue weighted by Gasteiger charge is -2.28. The molecule has 17 rings (SSSR count). The lowest BCUT2D eigenvalue weighted by atomic mass is 9.97. The summed E-state index contributed by atoms with van der Waals surface area (Å²) in [5, 5.41) is 64.3. The van der Waals surface area contributed by atoms with Gasteiger partial charge in [0.1, 0.15) is 54.3 Å². The smallest absolute Gasteiger partial charge is 0.277 e. The van der Waals surface area contributed by atoms with Crippen LogP contribution in [0.4, 0.5) is 57.5 Å². The van der Waals surface area contributed by atoms with Crippen molar-refractivity contribution in [1.29, 1.82) is 21.6 Å². The van der Waals surface area contributed by atoms with E-state index >= 15 is 0 Å². The summed E-state index contributed by atoms with van der Waals surface area (Å²) in [6.45, 7) is 15.5. The Labute approximate surface area is 839 Å². The largest absolute Gasteiger partial charge is 0.356 e. The number of aromatic amines is 4. The number of piperazine rings is 1. The molecule has 6 saturated heterocycles. The zero-order valence-electron chi connectivity index (χ0n) is 79.1. The zero-order chi connectivity index (χ0) is 101. The molecule has 41 nitrogen and oxygen atoms in total. The molecule has 6 aliphatic heterocycles. The molecule has 0 saturated carbocycles. The van der Waals surface area contributed by atoms with Crippen molar-refractivity contribution in [2.24, 2.45) is 23.1 Å². The first-order valence-electron chi connectivity index (χ1n) is 47.1. The van der Waals surface area contributed by atoms with Crippen LogP contribution < -0.4 is 112 Å². The molecule has 0 spiro atoms. The molecule has 748 valence electrons. The monoisotopic (exact) mass is 2030 g/mol. The molecule has 6 aromatic heterocycles. The van der Waals surface area contributed by atoms with E-state index in [2.05, 4.69) is 117 Å². The number of amides is 5. The van der Waals surface area contributed by atoms with Crippen molar-refractivity contribution in [2.45, 2.75) is 136 Å². The van der Waals surface area contributed by atoms with Crippen molar-refractivity contribution in [3.63, 3.8) is 0 Å². The van der Waals surface area contributed by atoms with Gasteiger partial charge >= 0.3 is 0 Å². The van der Waals surface area contributed by atoms with Crippen LogP contribution in [-0.4, -0.2) is 228 Å². The van der Waals surface area contributed by atoms with Crippen LogP contribution in [-0.2, 0) is 24.0 Å². The summed E-state index contributed by atoms with van der Waals surface area (Å²) in [7, 11) is 1.70. The topological polar surface area (TPSA) is 602 Å². The number of rotatable bonds is 25. The first-order valence-corrected chi connectivity index (χ1v) is 51.2. The van der Waals surface area contributed by atoms with Crippen LogP contribution in [0.3, 0.4) is 0 Å². The van der Waals surface area contributed by atoms with Gasteiger partial charge in [-0.15, -0.1) is 0 Å². The van der Waals surface area contributed by atoms with Gasteiger partial charge in [-0.25, -0.2) is 24.9 Å². The van der Waals surface area contributed by atoms with Crippen molar-refractivity contribution < 1.29 is 24.0 Å². The summed E-state index contributed by atoms with van der Waals surface area (Å²) in [6.07, 6.45) is 15.3. The fourth-order valence-corrected chi connectivity index (χ4v) is 19.5. The summed E-state index contributed by atoms with van der Waals surface area (Å²) in [4.78, 5) is 165. The van der Waals surface area contributed by atoms with E-state index in [4.69, 9.17) is 38.8 Å². The van der Waals surface area contributed by atoms with Crippen LogP contribution in [0, 0.1) is 27.6 Å². The molecule has 5 aromatic carbocycles. The van der Waals surface area contributed by atoms with E-state index in [1.54, 1.807) is 112 Å². The number of aromatic nitrogens is 11. The minimum absolute atomic E-state index is 0.0190. The number of hydrogen-bond donors (Lipinski definition) is 19. The minimum Gasteiger partial charge on any atom is -0.356 e. The van der Waals surface area contributed by atoms with Gasteiger partial charge in [0.2, 0.25) is 34.5 Å². The van der Waals surface area contributed by atoms with E-state index in [9.17, 15) is 47.9 Å². The molecule has 6 aliphatic rings. The molecular formula is C96H119N31O10S5. The Hall–Kier alpha value is -13.4. The number of benzene rings is 5. The predicted octanol–water partition coefficient (Wildman–Crippen LogP) is 9.30. The second-order valence-corrected chi connectivity index (χ2v) is 39.1. The van der Waals surface area contributed by atoms with E-state index < -0.39 is 12.1 Å². The Balaban J connectivity index is 0.000000149. The average Bonchev–Trinajstić information content (AvgIpc) is 1.63. The molecule has 0 unspecified atom stereocenters. The standard InChI is InChI=1S/C22H28N6O2S.2C19H24N6O2S.C18H23N7O2S.C18H20N6O2S/c23-20(31-22-26-18(14-19(29)27-22)28-11-2-1-3-12-28)16-5-4-6-17(13-16)25-21(30)15-7-9-24-10-8-15;2*1-12(20)18(27)22-14-7-5-6-13(10-14)17(21)28-19-23-15(11-16(26)24-19)25-8-3-2-4-9-25;1-20-11-16(27)22-13-4-2-3-12(9-13)17(19)28-18-23-14(10-15(26)24-18)25-7-5-21-6-8-25;19-11-15(25)20-13-6-4-5-12(9-13)17-22-24-16(26)10-14(21-18(24)27-17)23-7-2-1-3-8-23/h4-6,13-15,23-24H,1-3,7-12H2,(H,25,30)(H,26,27,29);2*5-7,10-12,21H,2-4,8-9,20H2,1H3,(H,22,27)(H,23,24,26);2-4,9-10,19-21H,5-8,11H2,1H3,(H,22,27)(H,23,24,26);4-6,9-10H,1-3,7-8,11,19H2,(H,20,25)/t;2*12-;;/m.10../s1. The van der Waals surface area contributed by atoms with Crippen molar-refractivity contribution in [2.75, 3.05) is 163 Å². The number of nitrogens with two attached hydrogens (primary N) is 3. The summed E-state index contributed by atoms with van der Waals surface area (Å²) in [6, 6.07) is 41.8. The van der Waals surface area contributed by atoms with E-state index in [-0.39, 0.29) is 96.5 Å². The van der Waals surface area contributed by atoms with Gasteiger partial charge in [-0.2, -0.15) is 9.61 Å². The third-order valence-electron chi connectivity index (χ3n) is 23.1. The van der Waals surface area contributed by atoms with Gasteiger partial charge in [0.05, 0.1) is 25.2 Å². The molecule has 142 heavy (non-hydrogen) atoms. The lowest BCUT2D eigenvalue weighted by molar-refractivity contribution is -0.120. The lowest BCUT2D eigenvalue weighted by Crippen LogP contribution is -2.44. The highest BCUT2D eigenvalue weighted by molar-refractivity contribution is 8.15. The first kappa shape index (κ1) is 106. The van der Waals surface area contributed by atoms with Crippen LogP contribution in [0.5, 0.6) is 0 Å². The highest BCUT2D eigenvalue weighted by atomic mass is 32.2. The third-order valence-corrected chi connectivity index (χ3v) is 27.3. The number of carbonyl (C=O) groups is 5. The van der Waals surface area contributed by atoms with E-state index in [1.165, 1.54) is 65.8 Å². The average molecular weight is 2030 g/mol. The molecule has 12 heterocycles. The van der Waals surface area contributed by atoms with Crippen LogP contribution in [0.1, 0.15) is 126 Å². The second kappa shape index (κ2) is 52.9. The molecule has 22 N–H and O–H groups in total. The number of piperidine rings is 5. The van der Waals surface area contributed by atoms with Crippen molar-refractivity contribution >= 4 is 171 Å². The Morgan fingerprint density at radius 2 is 0.732 bits per heavy atom. The molecule has 11 aromatic rings. The molecule has 2 atom stereocenters. The van der Waals surface area contributed by atoms with Gasteiger partial charge < -0.3 is 104 Å². The highest BCUT2D eigenvalue weighted by Gasteiger charge is 2.26. The fraction of sp³-hybridized carbons (Fsp3) is 0.375. The summed E-state index contributed by atoms with van der Waals surface area (Å²) < 4.78 is 1.33. The fourth-order valence-electron chi connectivity index (χ4n) is 15.7. The molecule has 0 aliphatic carbocycles. The van der Waals surface area contributed by atoms with Crippen molar-refractivity contribution in [3.8, 4) is 10.6 Å². The van der Waals surface area contributed by atoms with Crippen LogP contribution >= 0.6 is 58.4 Å². The zero-order valence-corrected chi connectivity index (χ0v) is 83.2. The summed E-state index contributed by atoms with van der Waals surface area (Å²) in [5.74, 6) is 2.34. The maximum atomic E-state index is 12.5. The minimum atomic E-state index is -0.621. The molecule has 6 fully saturated rings. The number of fused-ring (bicyclic) bond motifs is 1. The van der Waals surface area contributed by atoms with Gasteiger partial charge in [-0.1, -0.05) is 72.0 Å². The molecule has 46 heteroatoms. The second-order valence-electron chi connectivity index (χ2n) is 34.1.